The van der Waals surface area contributed by atoms with Gasteiger partial charge in [-0.15, -0.1) is 5.10 Å². The minimum absolute atomic E-state index is 0.938. The lowest BCUT2D eigenvalue weighted by molar-refractivity contribution is 0.662. The van der Waals surface area contributed by atoms with Crippen LogP contribution in [0.5, 0.6) is 0 Å². The topological polar surface area (TPSA) is 41.0 Å². The van der Waals surface area contributed by atoms with Crippen molar-refractivity contribution >= 4 is 5.82 Å². The predicted molar refractivity (Wildman–Crippen MR) is 63.2 cm³/mol. The molecule has 0 aliphatic carbocycles. The van der Waals surface area contributed by atoms with Crippen LogP contribution < -0.4 is 10.2 Å². The molecule has 1 aromatic heterocycles. The van der Waals surface area contributed by atoms with E-state index in [2.05, 4.69) is 27.3 Å². The molecule has 4 nitrogen and oxygen atoms in total. The second kappa shape index (κ2) is 6.35. The Balaban J connectivity index is 2.36. The number of hydrogen-bond donors (Lipinski definition) is 1. The number of aryl methyl sites for hydroxylation is 1. The first kappa shape index (κ1) is 11.9. The van der Waals surface area contributed by atoms with Crippen LogP contribution in [0.2, 0.25) is 0 Å². The fourth-order valence-corrected chi connectivity index (χ4v) is 1.30. The average Bonchev–Trinajstić information content (AvgIpc) is 2.24. The van der Waals surface area contributed by atoms with Gasteiger partial charge in [0.05, 0.1) is 6.20 Å². The van der Waals surface area contributed by atoms with Gasteiger partial charge < -0.3 is 10.2 Å². The molecule has 0 aliphatic rings. The summed E-state index contributed by atoms with van der Waals surface area (Å²) >= 11 is 0. The van der Waals surface area contributed by atoms with Gasteiger partial charge in [-0.2, -0.15) is 5.10 Å². The quantitative estimate of drug-likeness (QED) is 0.714. The second-order valence-electron chi connectivity index (χ2n) is 3.76. The summed E-state index contributed by atoms with van der Waals surface area (Å²) in [5.41, 5.74) is 1.15. The molecule has 0 unspecified atom stereocenters. The van der Waals surface area contributed by atoms with Crippen LogP contribution in [0.3, 0.4) is 0 Å². The van der Waals surface area contributed by atoms with E-state index in [-0.39, 0.29) is 0 Å². The Morgan fingerprint density at radius 1 is 1.40 bits per heavy atom. The number of nitrogens with zero attached hydrogens (tertiary/aromatic N) is 3. The van der Waals surface area contributed by atoms with Crippen molar-refractivity contribution in [1.82, 2.24) is 15.5 Å². The number of anilines is 1. The maximum absolute atomic E-state index is 4.09. The highest BCUT2D eigenvalue weighted by Gasteiger charge is 2.01. The Morgan fingerprint density at radius 2 is 2.20 bits per heavy atom. The van der Waals surface area contributed by atoms with Crippen LogP contribution in [-0.4, -0.2) is 36.9 Å². The normalized spacial score (nSPS) is 10.3. The summed E-state index contributed by atoms with van der Waals surface area (Å²) < 4.78 is 0. The minimum atomic E-state index is 0.938. The SMILES string of the molecule is CCCNCCN(C)c1cc(C)cnn1. The van der Waals surface area contributed by atoms with E-state index >= 15 is 0 Å². The van der Waals surface area contributed by atoms with Crippen LogP contribution in [0.4, 0.5) is 5.82 Å². The Hall–Kier alpha value is -1.16. The summed E-state index contributed by atoms with van der Waals surface area (Å²) in [5.74, 6) is 0.938. The number of nitrogens with one attached hydrogen (secondary N) is 1. The zero-order chi connectivity index (χ0) is 11.1. The van der Waals surface area contributed by atoms with Gasteiger partial charge in [0.1, 0.15) is 0 Å². The van der Waals surface area contributed by atoms with Gasteiger partial charge in [-0.25, -0.2) is 0 Å². The molecule has 15 heavy (non-hydrogen) atoms. The first-order chi connectivity index (χ1) is 7.24. The van der Waals surface area contributed by atoms with Crippen molar-refractivity contribution in [3.8, 4) is 0 Å². The molecule has 0 fully saturated rings. The van der Waals surface area contributed by atoms with Crippen molar-refractivity contribution in [3.63, 3.8) is 0 Å². The number of rotatable bonds is 6. The summed E-state index contributed by atoms with van der Waals surface area (Å²) in [6.45, 7) is 7.22. The second-order valence-corrected chi connectivity index (χ2v) is 3.76. The van der Waals surface area contributed by atoms with Crippen LogP contribution in [0.15, 0.2) is 12.3 Å². The van der Waals surface area contributed by atoms with Crippen molar-refractivity contribution in [1.29, 1.82) is 0 Å². The Bertz CT molecular complexity index is 288. The predicted octanol–water partition coefficient (Wildman–Crippen LogP) is 1.22. The molecule has 0 saturated carbocycles. The lowest BCUT2D eigenvalue weighted by atomic mass is 10.3. The first-order valence-electron chi connectivity index (χ1n) is 5.45. The Morgan fingerprint density at radius 3 is 2.87 bits per heavy atom. The van der Waals surface area contributed by atoms with E-state index in [1.54, 1.807) is 6.20 Å². The van der Waals surface area contributed by atoms with Crippen LogP contribution in [0.25, 0.3) is 0 Å². The highest BCUT2D eigenvalue weighted by molar-refractivity contribution is 5.37. The molecular formula is C11H20N4. The molecule has 84 valence electrons. The monoisotopic (exact) mass is 208 g/mol. The molecule has 1 aromatic rings. The number of likely N-dealkylation sites (N-methyl/N-ethyl adjacent to an activating group) is 1. The third kappa shape index (κ3) is 4.25. The summed E-state index contributed by atoms with van der Waals surface area (Å²) in [7, 11) is 2.04. The van der Waals surface area contributed by atoms with E-state index in [4.69, 9.17) is 0 Å². The van der Waals surface area contributed by atoms with Gasteiger partial charge in [0.15, 0.2) is 5.82 Å². The standard InChI is InChI=1S/C11H20N4/c1-4-5-12-6-7-15(3)11-8-10(2)9-13-14-11/h8-9,12H,4-7H2,1-3H3. The third-order valence-electron chi connectivity index (χ3n) is 2.22. The summed E-state index contributed by atoms with van der Waals surface area (Å²) in [4.78, 5) is 2.11. The summed E-state index contributed by atoms with van der Waals surface area (Å²) in [6, 6.07) is 2.05. The first-order valence-corrected chi connectivity index (χ1v) is 5.45. The lowest BCUT2D eigenvalue weighted by Gasteiger charge is -2.17. The van der Waals surface area contributed by atoms with Crippen LogP contribution in [0, 0.1) is 6.92 Å². The number of hydrogen-bond acceptors (Lipinski definition) is 4. The van der Waals surface area contributed by atoms with Crippen molar-refractivity contribution in [2.24, 2.45) is 0 Å². The molecule has 0 spiro atoms. The highest BCUT2D eigenvalue weighted by atomic mass is 15.2. The molecule has 1 rings (SSSR count). The van der Waals surface area contributed by atoms with Crippen LogP contribution in [0.1, 0.15) is 18.9 Å². The average molecular weight is 208 g/mol. The van der Waals surface area contributed by atoms with Crippen molar-refractivity contribution in [3.05, 3.63) is 17.8 Å². The fourth-order valence-electron chi connectivity index (χ4n) is 1.30. The molecule has 1 N–H and O–H groups in total. The van der Waals surface area contributed by atoms with Gasteiger partial charge in [-0.05, 0) is 31.5 Å². The zero-order valence-corrected chi connectivity index (χ0v) is 9.82. The highest BCUT2D eigenvalue weighted by Crippen LogP contribution is 2.07. The van der Waals surface area contributed by atoms with E-state index in [1.807, 2.05) is 20.0 Å². The molecule has 0 aliphatic heterocycles. The molecule has 0 saturated heterocycles. The summed E-state index contributed by atoms with van der Waals surface area (Å²) in [5, 5.41) is 11.4. The van der Waals surface area contributed by atoms with Gasteiger partial charge in [0.2, 0.25) is 0 Å². The van der Waals surface area contributed by atoms with E-state index < -0.39 is 0 Å². The van der Waals surface area contributed by atoms with Gasteiger partial charge in [0.25, 0.3) is 0 Å². The van der Waals surface area contributed by atoms with Gasteiger partial charge in [-0.1, -0.05) is 6.92 Å². The van der Waals surface area contributed by atoms with E-state index in [1.165, 1.54) is 6.42 Å². The van der Waals surface area contributed by atoms with E-state index in [9.17, 15) is 0 Å². The molecule has 0 atom stereocenters. The van der Waals surface area contributed by atoms with E-state index in [0.29, 0.717) is 0 Å². The smallest absolute Gasteiger partial charge is 0.151 e. The van der Waals surface area contributed by atoms with Crippen molar-refractivity contribution < 1.29 is 0 Å². The number of aromatic nitrogens is 2. The largest absolute Gasteiger partial charge is 0.357 e. The molecular weight excluding hydrogens is 188 g/mol. The summed E-state index contributed by atoms with van der Waals surface area (Å²) in [6.07, 6.45) is 2.95. The molecule has 0 aromatic carbocycles. The molecule has 0 radical (unpaired) electrons. The zero-order valence-electron chi connectivity index (χ0n) is 9.82. The van der Waals surface area contributed by atoms with Crippen molar-refractivity contribution in [2.75, 3.05) is 31.6 Å². The van der Waals surface area contributed by atoms with Crippen molar-refractivity contribution in [2.45, 2.75) is 20.3 Å². The minimum Gasteiger partial charge on any atom is -0.357 e. The lowest BCUT2D eigenvalue weighted by Crippen LogP contribution is -2.30. The van der Waals surface area contributed by atoms with Crippen LogP contribution in [-0.2, 0) is 0 Å². The van der Waals surface area contributed by atoms with Crippen LogP contribution >= 0.6 is 0 Å². The van der Waals surface area contributed by atoms with Gasteiger partial charge in [-0.3, -0.25) is 0 Å². The Kier molecular flexibility index (Phi) is 5.04. The molecule has 0 amide bonds. The molecule has 4 heteroatoms. The fraction of sp³-hybridized carbons (Fsp3) is 0.636. The third-order valence-corrected chi connectivity index (χ3v) is 2.22. The van der Waals surface area contributed by atoms with Gasteiger partial charge >= 0.3 is 0 Å². The molecule has 0 bridgehead atoms. The Labute approximate surface area is 91.7 Å². The van der Waals surface area contributed by atoms with E-state index in [0.717, 1.165) is 31.0 Å². The maximum atomic E-state index is 4.09. The van der Waals surface area contributed by atoms with Gasteiger partial charge in [0, 0.05) is 20.1 Å². The molecule has 1 heterocycles. The maximum Gasteiger partial charge on any atom is 0.151 e.